The van der Waals surface area contributed by atoms with Crippen LogP contribution in [0, 0.1) is 12.8 Å². The zero-order valence-electron chi connectivity index (χ0n) is 19.8. The molecule has 2 aromatic carbocycles. The Kier molecular flexibility index (Phi) is 7.75. The molecule has 0 aliphatic heterocycles. The number of aryl methyl sites for hydroxylation is 2. The predicted octanol–water partition coefficient (Wildman–Crippen LogP) is 5.07. The summed E-state index contributed by atoms with van der Waals surface area (Å²) in [4.78, 5) is 12.3. The molecule has 0 bridgehead atoms. The van der Waals surface area contributed by atoms with E-state index in [1.165, 1.54) is 5.56 Å². The fourth-order valence-electron chi connectivity index (χ4n) is 3.99. The monoisotopic (exact) mass is 433 g/mol. The van der Waals surface area contributed by atoms with Gasteiger partial charge in [0.05, 0.1) is 25.4 Å². The average molecular weight is 434 g/mol. The van der Waals surface area contributed by atoms with E-state index in [1.54, 1.807) is 7.11 Å². The number of para-hydroxylation sites is 1. The highest BCUT2D eigenvalue weighted by Gasteiger charge is 2.21. The van der Waals surface area contributed by atoms with Gasteiger partial charge in [0.1, 0.15) is 5.75 Å². The van der Waals surface area contributed by atoms with Crippen molar-refractivity contribution in [2.45, 2.75) is 53.1 Å². The van der Waals surface area contributed by atoms with Crippen molar-refractivity contribution in [3.63, 3.8) is 0 Å². The molecule has 0 aliphatic rings. The van der Waals surface area contributed by atoms with Gasteiger partial charge in [-0.25, -0.2) is 0 Å². The molecule has 1 amide bonds. The molecule has 5 nitrogen and oxygen atoms in total. The number of carbonyl (C=O) groups excluding carboxylic acids is 1. The summed E-state index contributed by atoms with van der Waals surface area (Å²) in [6.07, 6.45) is 3.77. The van der Waals surface area contributed by atoms with Gasteiger partial charge >= 0.3 is 0 Å². The molecule has 3 rings (SSSR count). The topological polar surface area (TPSA) is 69.3 Å². The number of rotatable bonds is 9. The zero-order valence-corrected chi connectivity index (χ0v) is 19.8. The maximum Gasteiger partial charge on any atom is 0.223 e. The van der Waals surface area contributed by atoms with E-state index >= 15 is 0 Å². The molecule has 170 valence electrons. The Labute approximate surface area is 191 Å². The SMILES string of the molecule is CCc1ccc(-n2cccc2CNC(=O)C(C)CC)c(C(N)c2cccc(C)c2OC)c1. The second-order valence-corrected chi connectivity index (χ2v) is 8.32. The van der Waals surface area contributed by atoms with Gasteiger partial charge in [0.2, 0.25) is 5.91 Å². The quantitative estimate of drug-likeness (QED) is 0.495. The van der Waals surface area contributed by atoms with Crippen molar-refractivity contribution in [2.24, 2.45) is 11.7 Å². The Morgan fingerprint density at radius 1 is 1.12 bits per heavy atom. The molecule has 2 atom stereocenters. The highest BCUT2D eigenvalue weighted by atomic mass is 16.5. The fourth-order valence-corrected chi connectivity index (χ4v) is 3.99. The van der Waals surface area contributed by atoms with Crippen molar-refractivity contribution in [1.82, 2.24) is 9.88 Å². The number of hydrogen-bond donors (Lipinski definition) is 2. The van der Waals surface area contributed by atoms with E-state index < -0.39 is 0 Å². The number of methoxy groups -OCH3 is 1. The number of nitrogens with zero attached hydrogens (tertiary/aromatic N) is 1. The Balaban J connectivity index is 2.03. The molecule has 1 heterocycles. The molecule has 0 radical (unpaired) electrons. The normalized spacial score (nSPS) is 12.9. The summed E-state index contributed by atoms with van der Waals surface area (Å²) in [5.41, 5.74) is 13.1. The van der Waals surface area contributed by atoms with Crippen LogP contribution in [0.25, 0.3) is 5.69 Å². The molecule has 2 unspecified atom stereocenters. The van der Waals surface area contributed by atoms with Crippen molar-refractivity contribution < 1.29 is 9.53 Å². The molecule has 1 aromatic heterocycles. The van der Waals surface area contributed by atoms with Crippen LogP contribution in [-0.2, 0) is 17.8 Å². The van der Waals surface area contributed by atoms with Crippen LogP contribution in [0.2, 0.25) is 0 Å². The summed E-state index contributed by atoms with van der Waals surface area (Å²) in [5, 5.41) is 3.06. The zero-order chi connectivity index (χ0) is 23.3. The predicted molar refractivity (Wildman–Crippen MR) is 130 cm³/mol. The first kappa shape index (κ1) is 23.6. The van der Waals surface area contributed by atoms with E-state index in [1.807, 2.05) is 57.3 Å². The highest BCUT2D eigenvalue weighted by Crippen LogP contribution is 2.34. The Bertz CT molecular complexity index is 1070. The third-order valence-corrected chi connectivity index (χ3v) is 6.21. The van der Waals surface area contributed by atoms with E-state index in [-0.39, 0.29) is 17.9 Å². The van der Waals surface area contributed by atoms with E-state index in [0.29, 0.717) is 6.54 Å². The molecule has 0 saturated carbocycles. The van der Waals surface area contributed by atoms with Gasteiger partial charge in [-0.1, -0.05) is 51.1 Å². The minimum Gasteiger partial charge on any atom is -0.496 e. The maximum absolute atomic E-state index is 12.3. The second-order valence-electron chi connectivity index (χ2n) is 8.32. The fraction of sp³-hybridized carbons (Fsp3) is 0.370. The van der Waals surface area contributed by atoms with Crippen molar-refractivity contribution in [3.8, 4) is 11.4 Å². The lowest BCUT2D eigenvalue weighted by Crippen LogP contribution is -2.29. The number of carbonyl (C=O) groups is 1. The smallest absolute Gasteiger partial charge is 0.223 e. The third-order valence-electron chi connectivity index (χ3n) is 6.21. The number of amides is 1. The van der Waals surface area contributed by atoms with E-state index in [4.69, 9.17) is 10.5 Å². The van der Waals surface area contributed by atoms with Crippen LogP contribution in [0.15, 0.2) is 54.7 Å². The van der Waals surface area contributed by atoms with Crippen LogP contribution in [0.4, 0.5) is 0 Å². The van der Waals surface area contributed by atoms with Gasteiger partial charge in [-0.05, 0) is 54.7 Å². The Morgan fingerprint density at radius 2 is 1.91 bits per heavy atom. The Hall–Kier alpha value is -3.05. The molecule has 0 fully saturated rings. The largest absolute Gasteiger partial charge is 0.496 e. The van der Waals surface area contributed by atoms with Crippen LogP contribution in [-0.4, -0.2) is 17.6 Å². The number of hydrogen-bond acceptors (Lipinski definition) is 3. The average Bonchev–Trinajstić information content (AvgIpc) is 3.29. The number of nitrogens with two attached hydrogens (primary N) is 1. The molecule has 5 heteroatoms. The summed E-state index contributed by atoms with van der Waals surface area (Å²) in [5.74, 6) is 0.893. The number of benzene rings is 2. The number of nitrogens with one attached hydrogen (secondary N) is 1. The molecular weight excluding hydrogens is 398 g/mol. The maximum atomic E-state index is 12.3. The molecule has 0 aliphatic carbocycles. The van der Waals surface area contributed by atoms with Gasteiger partial charge in [0, 0.05) is 23.4 Å². The lowest BCUT2D eigenvalue weighted by atomic mass is 9.93. The van der Waals surface area contributed by atoms with Gasteiger partial charge in [0.15, 0.2) is 0 Å². The first-order chi connectivity index (χ1) is 15.4. The molecule has 0 spiro atoms. The van der Waals surface area contributed by atoms with E-state index in [0.717, 1.165) is 46.7 Å². The van der Waals surface area contributed by atoms with E-state index in [2.05, 4.69) is 35.0 Å². The lowest BCUT2D eigenvalue weighted by Gasteiger charge is -2.23. The van der Waals surface area contributed by atoms with Crippen LogP contribution in [0.1, 0.15) is 61.2 Å². The molecule has 3 N–H and O–H groups in total. The van der Waals surface area contributed by atoms with Gasteiger partial charge in [-0.15, -0.1) is 0 Å². The summed E-state index contributed by atoms with van der Waals surface area (Å²) in [6, 6.07) is 16.2. The minimum absolute atomic E-state index is 0.0000169. The first-order valence-corrected chi connectivity index (χ1v) is 11.4. The Morgan fingerprint density at radius 3 is 2.59 bits per heavy atom. The minimum atomic E-state index is -0.351. The van der Waals surface area contributed by atoms with Gasteiger partial charge in [-0.2, -0.15) is 0 Å². The van der Waals surface area contributed by atoms with Gasteiger partial charge < -0.3 is 20.4 Å². The van der Waals surface area contributed by atoms with Crippen molar-refractivity contribution in [1.29, 1.82) is 0 Å². The highest BCUT2D eigenvalue weighted by molar-refractivity contribution is 5.78. The summed E-state index contributed by atoms with van der Waals surface area (Å²) < 4.78 is 7.81. The van der Waals surface area contributed by atoms with Crippen LogP contribution in [0.5, 0.6) is 5.75 Å². The van der Waals surface area contributed by atoms with Crippen LogP contribution >= 0.6 is 0 Å². The number of aromatic nitrogens is 1. The standard InChI is InChI=1S/C27H35N3O2/c1-6-18(3)27(31)29-17-21-11-9-15-30(21)24-14-13-20(7-2)16-23(24)25(28)22-12-8-10-19(4)26(22)32-5/h8-16,18,25H,6-7,17,28H2,1-5H3,(H,29,31). The molecular formula is C27H35N3O2. The van der Waals surface area contributed by atoms with E-state index in [9.17, 15) is 4.79 Å². The summed E-state index contributed by atoms with van der Waals surface area (Å²) >= 11 is 0. The van der Waals surface area contributed by atoms with Gasteiger partial charge in [0.25, 0.3) is 0 Å². The first-order valence-electron chi connectivity index (χ1n) is 11.4. The van der Waals surface area contributed by atoms with Crippen molar-refractivity contribution in [2.75, 3.05) is 7.11 Å². The third kappa shape index (κ3) is 4.89. The molecule has 32 heavy (non-hydrogen) atoms. The summed E-state index contributed by atoms with van der Waals surface area (Å²) in [6.45, 7) is 8.61. The number of ether oxygens (including phenoxy) is 1. The summed E-state index contributed by atoms with van der Waals surface area (Å²) in [7, 11) is 1.69. The van der Waals surface area contributed by atoms with Crippen LogP contribution in [0.3, 0.4) is 0 Å². The second kappa shape index (κ2) is 10.5. The molecule has 3 aromatic rings. The molecule has 0 saturated heterocycles. The lowest BCUT2D eigenvalue weighted by molar-refractivity contribution is -0.124. The van der Waals surface area contributed by atoms with Crippen molar-refractivity contribution >= 4 is 5.91 Å². The van der Waals surface area contributed by atoms with Crippen LogP contribution < -0.4 is 15.8 Å². The van der Waals surface area contributed by atoms with Gasteiger partial charge in [-0.3, -0.25) is 4.79 Å². The van der Waals surface area contributed by atoms with Crippen molar-refractivity contribution in [3.05, 3.63) is 82.7 Å².